The van der Waals surface area contributed by atoms with Crippen molar-refractivity contribution < 1.29 is 0 Å². The van der Waals surface area contributed by atoms with E-state index in [1.54, 1.807) is 6.20 Å². The SMILES string of the molecule is CNc1nc(Nc2cnn(C(C)C)c2C)nc2[nH]ccc12. The maximum atomic E-state index is 4.49. The standard InChI is InChI=1S/C14H19N7/c1-8(2)21-9(3)11(7-17-21)18-14-19-12(15-4)10-5-6-16-13(10)20-14/h5-8H,1-4H3,(H3,15,16,18,19,20). The Morgan fingerprint density at radius 2 is 2.10 bits per heavy atom. The summed E-state index contributed by atoms with van der Waals surface area (Å²) in [6.07, 6.45) is 3.66. The third-order valence-corrected chi connectivity index (χ3v) is 3.43. The van der Waals surface area contributed by atoms with E-state index in [1.807, 2.05) is 30.9 Å². The van der Waals surface area contributed by atoms with Gasteiger partial charge in [0, 0.05) is 19.3 Å². The van der Waals surface area contributed by atoms with Crippen LogP contribution in [0, 0.1) is 6.92 Å². The first-order valence-electron chi connectivity index (χ1n) is 6.94. The van der Waals surface area contributed by atoms with Gasteiger partial charge in [0.2, 0.25) is 5.95 Å². The van der Waals surface area contributed by atoms with Crippen molar-refractivity contribution in [3.63, 3.8) is 0 Å². The lowest BCUT2D eigenvalue weighted by Gasteiger charge is -2.10. The van der Waals surface area contributed by atoms with E-state index < -0.39 is 0 Å². The normalized spacial score (nSPS) is 11.3. The topological polar surface area (TPSA) is 83.4 Å². The zero-order chi connectivity index (χ0) is 15.0. The average molecular weight is 285 g/mol. The van der Waals surface area contributed by atoms with Gasteiger partial charge < -0.3 is 15.6 Å². The summed E-state index contributed by atoms with van der Waals surface area (Å²) in [5.41, 5.74) is 2.77. The second kappa shape index (κ2) is 5.08. The fourth-order valence-corrected chi connectivity index (χ4v) is 2.37. The Balaban J connectivity index is 1.98. The van der Waals surface area contributed by atoms with Crippen molar-refractivity contribution in [2.45, 2.75) is 26.8 Å². The molecule has 0 unspecified atom stereocenters. The molecule has 0 bridgehead atoms. The molecule has 0 saturated carbocycles. The summed E-state index contributed by atoms with van der Waals surface area (Å²) in [6, 6.07) is 2.27. The van der Waals surface area contributed by atoms with Crippen LogP contribution in [0.2, 0.25) is 0 Å². The van der Waals surface area contributed by atoms with Crippen LogP contribution in [0.4, 0.5) is 17.5 Å². The summed E-state index contributed by atoms with van der Waals surface area (Å²) in [5, 5.41) is 11.7. The van der Waals surface area contributed by atoms with Crippen molar-refractivity contribution in [3.05, 3.63) is 24.2 Å². The molecule has 3 aromatic heterocycles. The summed E-state index contributed by atoms with van der Waals surface area (Å²) in [5.74, 6) is 1.33. The minimum Gasteiger partial charge on any atom is -0.372 e. The Morgan fingerprint density at radius 3 is 2.76 bits per heavy atom. The highest BCUT2D eigenvalue weighted by atomic mass is 15.3. The molecule has 0 radical (unpaired) electrons. The van der Waals surface area contributed by atoms with Gasteiger partial charge in [-0.3, -0.25) is 4.68 Å². The molecule has 7 nitrogen and oxygen atoms in total. The Hall–Kier alpha value is -2.57. The number of rotatable bonds is 4. The summed E-state index contributed by atoms with van der Waals surface area (Å²) in [4.78, 5) is 12.1. The highest BCUT2D eigenvalue weighted by molar-refractivity contribution is 5.88. The third kappa shape index (κ3) is 2.31. The highest BCUT2D eigenvalue weighted by Crippen LogP contribution is 2.24. The summed E-state index contributed by atoms with van der Waals surface area (Å²) in [6.45, 7) is 6.23. The number of H-pyrrole nitrogens is 1. The van der Waals surface area contributed by atoms with Crippen LogP contribution >= 0.6 is 0 Å². The van der Waals surface area contributed by atoms with Crippen LogP contribution in [0.5, 0.6) is 0 Å². The predicted octanol–water partition coefficient (Wildman–Crippen LogP) is 2.83. The lowest BCUT2D eigenvalue weighted by Crippen LogP contribution is -2.06. The van der Waals surface area contributed by atoms with E-state index in [-0.39, 0.29) is 0 Å². The second-order valence-corrected chi connectivity index (χ2v) is 5.19. The zero-order valence-corrected chi connectivity index (χ0v) is 12.6. The van der Waals surface area contributed by atoms with Crippen LogP contribution in [0.3, 0.4) is 0 Å². The van der Waals surface area contributed by atoms with Gasteiger partial charge in [0.25, 0.3) is 0 Å². The van der Waals surface area contributed by atoms with E-state index in [1.165, 1.54) is 0 Å². The first-order chi connectivity index (χ1) is 10.1. The summed E-state index contributed by atoms with van der Waals surface area (Å²) >= 11 is 0. The number of nitrogens with zero attached hydrogens (tertiary/aromatic N) is 4. The Labute approximate surface area is 122 Å². The van der Waals surface area contributed by atoms with Gasteiger partial charge in [0.15, 0.2) is 0 Å². The van der Waals surface area contributed by atoms with Crippen LogP contribution in [0.25, 0.3) is 11.0 Å². The molecule has 0 aliphatic rings. The van der Waals surface area contributed by atoms with Crippen molar-refractivity contribution in [1.29, 1.82) is 0 Å². The van der Waals surface area contributed by atoms with Crippen LogP contribution in [0.1, 0.15) is 25.6 Å². The minimum atomic E-state index is 0.320. The van der Waals surface area contributed by atoms with E-state index in [0.717, 1.165) is 28.2 Å². The molecule has 0 spiro atoms. The molecule has 0 aliphatic carbocycles. The van der Waals surface area contributed by atoms with Gasteiger partial charge >= 0.3 is 0 Å². The first kappa shape index (κ1) is 13.4. The largest absolute Gasteiger partial charge is 0.372 e. The van der Waals surface area contributed by atoms with Gasteiger partial charge in [-0.1, -0.05) is 0 Å². The Kier molecular flexibility index (Phi) is 3.25. The molecule has 3 aromatic rings. The van der Waals surface area contributed by atoms with Gasteiger partial charge in [0.1, 0.15) is 11.5 Å². The molecular weight excluding hydrogens is 266 g/mol. The average Bonchev–Trinajstić information content (AvgIpc) is 3.05. The number of nitrogens with one attached hydrogen (secondary N) is 3. The molecule has 0 fully saturated rings. The fraction of sp³-hybridized carbons (Fsp3) is 0.357. The molecule has 3 heterocycles. The number of hydrogen-bond donors (Lipinski definition) is 3. The van der Waals surface area contributed by atoms with Gasteiger partial charge in [-0.25, -0.2) is 0 Å². The monoisotopic (exact) mass is 285 g/mol. The van der Waals surface area contributed by atoms with Crippen molar-refractivity contribution in [1.82, 2.24) is 24.7 Å². The van der Waals surface area contributed by atoms with Crippen LogP contribution < -0.4 is 10.6 Å². The third-order valence-electron chi connectivity index (χ3n) is 3.43. The van der Waals surface area contributed by atoms with Gasteiger partial charge in [0.05, 0.1) is 23.0 Å². The maximum absolute atomic E-state index is 4.49. The summed E-state index contributed by atoms with van der Waals surface area (Å²) < 4.78 is 1.97. The van der Waals surface area contributed by atoms with Crippen molar-refractivity contribution in [2.24, 2.45) is 0 Å². The highest BCUT2D eigenvalue weighted by Gasteiger charge is 2.12. The molecule has 110 valence electrons. The number of hydrogen-bond acceptors (Lipinski definition) is 5. The number of aromatic amines is 1. The first-order valence-corrected chi connectivity index (χ1v) is 6.94. The molecule has 21 heavy (non-hydrogen) atoms. The Bertz CT molecular complexity index is 769. The molecule has 0 aliphatic heterocycles. The smallest absolute Gasteiger partial charge is 0.231 e. The van der Waals surface area contributed by atoms with E-state index in [9.17, 15) is 0 Å². The maximum Gasteiger partial charge on any atom is 0.231 e. The van der Waals surface area contributed by atoms with Crippen LogP contribution in [-0.2, 0) is 0 Å². The molecule has 7 heteroatoms. The van der Waals surface area contributed by atoms with E-state index in [2.05, 4.69) is 44.5 Å². The summed E-state index contributed by atoms with van der Waals surface area (Å²) in [7, 11) is 1.85. The minimum absolute atomic E-state index is 0.320. The molecule has 0 saturated heterocycles. The second-order valence-electron chi connectivity index (χ2n) is 5.19. The molecule has 0 amide bonds. The number of fused-ring (bicyclic) bond motifs is 1. The number of aromatic nitrogens is 5. The zero-order valence-electron chi connectivity index (χ0n) is 12.6. The van der Waals surface area contributed by atoms with Gasteiger partial charge in [-0.15, -0.1) is 0 Å². The Morgan fingerprint density at radius 1 is 1.29 bits per heavy atom. The van der Waals surface area contributed by atoms with Gasteiger partial charge in [-0.2, -0.15) is 15.1 Å². The number of anilines is 3. The van der Waals surface area contributed by atoms with Crippen molar-refractivity contribution in [3.8, 4) is 0 Å². The quantitative estimate of drug-likeness (QED) is 0.686. The van der Waals surface area contributed by atoms with E-state index >= 15 is 0 Å². The van der Waals surface area contributed by atoms with Crippen LogP contribution in [-0.4, -0.2) is 31.8 Å². The lowest BCUT2D eigenvalue weighted by molar-refractivity contribution is 0.519. The molecule has 3 N–H and O–H groups in total. The lowest BCUT2D eigenvalue weighted by atomic mass is 10.3. The molecule has 3 rings (SSSR count). The molecule has 0 atom stereocenters. The van der Waals surface area contributed by atoms with Crippen molar-refractivity contribution >= 4 is 28.5 Å². The van der Waals surface area contributed by atoms with Crippen LogP contribution in [0.15, 0.2) is 18.5 Å². The molecule has 0 aromatic carbocycles. The van der Waals surface area contributed by atoms with E-state index in [4.69, 9.17) is 0 Å². The van der Waals surface area contributed by atoms with E-state index in [0.29, 0.717) is 12.0 Å². The van der Waals surface area contributed by atoms with Gasteiger partial charge in [-0.05, 0) is 26.8 Å². The van der Waals surface area contributed by atoms with Crippen molar-refractivity contribution in [2.75, 3.05) is 17.7 Å². The predicted molar refractivity (Wildman–Crippen MR) is 84.1 cm³/mol. The molecular formula is C14H19N7. The fourth-order valence-electron chi connectivity index (χ4n) is 2.37.